The third kappa shape index (κ3) is 5.11. The van der Waals surface area contributed by atoms with Crippen LogP contribution in [0, 0.1) is 0 Å². The molecule has 0 heterocycles. The molecule has 0 bridgehead atoms. The molecule has 2 rings (SSSR count). The number of methoxy groups -OCH3 is 1. The minimum Gasteiger partial charge on any atom is -0.496 e. The highest BCUT2D eigenvalue weighted by atomic mass is 35.5. The number of hydrogen-bond acceptors (Lipinski definition) is 5. The highest BCUT2D eigenvalue weighted by Crippen LogP contribution is 2.36. The number of rotatable bonds is 9. The second kappa shape index (κ2) is 9.50. The summed E-state index contributed by atoms with van der Waals surface area (Å²) in [6, 6.07) is 14.4. The summed E-state index contributed by atoms with van der Waals surface area (Å²) in [5.74, 6) is 0.264. The zero-order valence-electron chi connectivity index (χ0n) is 13.1. The molecule has 7 heteroatoms. The van der Waals surface area contributed by atoms with Crippen molar-refractivity contribution >= 4 is 25.2 Å². The van der Waals surface area contributed by atoms with Crippen LogP contribution in [0.4, 0.5) is 0 Å². The summed E-state index contributed by atoms with van der Waals surface area (Å²) in [6.45, 7) is 0.691. The molecule has 1 atom stereocenters. The Kier molecular flexibility index (Phi) is 7.35. The average molecular weight is 368 g/mol. The maximum Gasteiger partial charge on any atom is 0.593 e. The Morgan fingerprint density at radius 1 is 1.08 bits per heavy atom. The summed E-state index contributed by atoms with van der Waals surface area (Å²) in [5.41, 5.74) is 0.391. The smallest absolute Gasteiger partial charge is 0.496 e. The fourth-order valence-corrected chi connectivity index (χ4v) is 3.06. The van der Waals surface area contributed by atoms with Gasteiger partial charge in [-0.25, -0.2) is 4.79 Å². The van der Waals surface area contributed by atoms with Gasteiger partial charge in [0.1, 0.15) is 17.9 Å². The van der Waals surface area contributed by atoms with Crippen LogP contribution in [0.15, 0.2) is 48.5 Å². The van der Waals surface area contributed by atoms with E-state index in [2.05, 4.69) is 0 Å². The van der Waals surface area contributed by atoms with Gasteiger partial charge in [0, 0.05) is 0 Å². The van der Waals surface area contributed by atoms with Gasteiger partial charge in [-0.05, 0) is 22.3 Å². The molecule has 0 aliphatic carbocycles. The van der Waals surface area contributed by atoms with Gasteiger partial charge in [-0.15, -0.1) is 4.52 Å². The Bertz CT molecular complexity index is 705. The summed E-state index contributed by atoms with van der Waals surface area (Å²) in [7, 11) is -1.15. The Morgan fingerprint density at radius 3 is 2.54 bits per heavy atom. The molecule has 0 aliphatic rings. The van der Waals surface area contributed by atoms with Crippen LogP contribution < -0.4 is 4.74 Å². The predicted octanol–water partition coefficient (Wildman–Crippen LogP) is 4.46. The number of ether oxygens (including phenoxy) is 2. The first kappa shape index (κ1) is 18.6. The normalized spacial score (nSPS) is 11.2. The van der Waals surface area contributed by atoms with Crippen molar-refractivity contribution in [2.75, 3.05) is 20.3 Å². The maximum atomic E-state index is 12.2. The molecule has 0 radical (unpaired) electrons. The van der Waals surface area contributed by atoms with E-state index in [1.54, 1.807) is 12.1 Å². The number of hydrogen-bond donors (Lipinski definition) is 0. The molecule has 0 amide bonds. The molecule has 126 valence electrons. The lowest BCUT2D eigenvalue weighted by molar-refractivity contribution is 0.0883. The van der Waals surface area contributed by atoms with E-state index in [0.717, 1.165) is 5.56 Å². The summed E-state index contributed by atoms with van der Waals surface area (Å²) < 4.78 is 27.6. The van der Waals surface area contributed by atoms with E-state index in [9.17, 15) is 9.36 Å². The van der Waals surface area contributed by atoms with Crippen molar-refractivity contribution in [2.45, 2.75) is 6.61 Å². The first-order chi connectivity index (χ1) is 11.6. The third-order valence-corrected chi connectivity index (χ3v) is 4.41. The number of carbonyl (C=O) groups is 1. The third-order valence-electron chi connectivity index (χ3n) is 3.12. The molecular weight excluding hydrogens is 351 g/mol. The molecule has 0 aromatic heterocycles. The fraction of sp³-hybridized carbons (Fsp3) is 0.235. The predicted molar refractivity (Wildman–Crippen MR) is 92.0 cm³/mol. The van der Waals surface area contributed by atoms with E-state index in [1.807, 2.05) is 30.3 Å². The van der Waals surface area contributed by atoms with Crippen molar-refractivity contribution in [3.05, 3.63) is 64.7 Å². The zero-order valence-corrected chi connectivity index (χ0v) is 14.8. The van der Waals surface area contributed by atoms with Crippen LogP contribution in [0.25, 0.3) is 0 Å². The maximum absolute atomic E-state index is 12.2. The van der Waals surface area contributed by atoms with Crippen LogP contribution in [-0.4, -0.2) is 25.8 Å². The van der Waals surface area contributed by atoms with Gasteiger partial charge >= 0.3 is 13.6 Å². The summed E-state index contributed by atoms with van der Waals surface area (Å²) in [4.78, 5) is 12.2. The molecule has 1 unspecified atom stereocenters. The van der Waals surface area contributed by atoms with Crippen molar-refractivity contribution in [2.24, 2.45) is 0 Å². The van der Waals surface area contributed by atoms with Gasteiger partial charge in [0.15, 0.2) is 0 Å². The molecule has 0 N–H and O–H groups in total. The van der Waals surface area contributed by atoms with Crippen LogP contribution in [-0.2, 0) is 20.4 Å². The molecule has 0 saturated carbocycles. The zero-order chi connectivity index (χ0) is 17.4. The van der Waals surface area contributed by atoms with Gasteiger partial charge in [0.2, 0.25) is 0 Å². The minimum atomic E-state index is -2.56. The van der Waals surface area contributed by atoms with Gasteiger partial charge in [0.25, 0.3) is 0 Å². The van der Waals surface area contributed by atoms with Crippen LogP contribution in [0.5, 0.6) is 5.75 Å². The van der Waals surface area contributed by atoms with E-state index in [4.69, 9.17) is 25.6 Å². The number of halogens is 1. The SMILES string of the molecule is COc1cccc(Cl)c1C(=O)[P+](=O)OCCOCc1ccccc1. The number of benzene rings is 2. The lowest BCUT2D eigenvalue weighted by Crippen LogP contribution is -2.04. The van der Waals surface area contributed by atoms with E-state index in [-0.39, 0.29) is 29.5 Å². The van der Waals surface area contributed by atoms with Crippen LogP contribution in [0.3, 0.4) is 0 Å². The molecule has 2 aromatic carbocycles. The van der Waals surface area contributed by atoms with Crippen LogP contribution >= 0.6 is 19.6 Å². The van der Waals surface area contributed by atoms with Crippen molar-refractivity contribution in [3.8, 4) is 5.75 Å². The first-order valence-corrected chi connectivity index (χ1v) is 8.77. The molecule has 0 saturated heterocycles. The molecule has 0 fully saturated rings. The minimum absolute atomic E-state index is 0.0422. The lowest BCUT2D eigenvalue weighted by Gasteiger charge is -2.04. The summed E-state index contributed by atoms with van der Waals surface area (Å²) >= 11 is 5.99. The Balaban J connectivity index is 1.81. The largest absolute Gasteiger partial charge is 0.593 e. The van der Waals surface area contributed by atoms with Gasteiger partial charge in [0.05, 0.1) is 25.3 Å². The molecule has 5 nitrogen and oxygen atoms in total. The standard InChI is InChI=1S/C17H17ClO5P/c1-21-15-9-5-8-14(18)16(15)17(19)24(20)23-11-10-22-12-13-6-3-2-4-7-13/h2-9H,10-12H2,1H3/q+1. The number of carbonyl (C=O) groups excluding carboxylic acids is 1. The Morgan fingerprint density at radius 2 is 1.83 bits per heavy atom. The highest BCUT2D eigenvalue weighted by Gasteiger charge is 2.36. The topological polar surface area (TPSA) is 61.8 Å². The second-order valence-electron chi connectivity index (χ2n) is 4.75. The monoisotopic (exact) mass is 367 g/mol. The molecular formula is C17H17ClO5P+. The summed E-state index contributed by atoms with van der Waals surface area (Å²) in [5, 5.41) is 0.173. The first-order valence-electron chi connectivity index (χ1n) is 7.22. The van der Waals surface area contributed by atoms with E-state index in [1.165, 1.54) is 13.2 Å². The molecule has 0 spiro atoms. The molecule has 2 aromatic rings. The van der Waals surface area contributed by atoms with Gasteiger partial charge in [-0.3, -0.25) is 0 Å². The van der Waals surface area contributed by atoms with Gasteiger partial charge < -0.3 is 9.47 Å². The Labute approximate surface area is 146 Å². The average Bonchev–Trinajstić information content (AvgIpc) is 2.61. The van der Waals surface area contributed by atoms with Crippen molar-refractivity contribution < 1.29 is 23.4 Å². The highest BCUT2D eigenvalue weighted by molar-refractivity contribution is 7.60. The fourth-order valence-electron chi connectivity index (χ4n) is 1.98. The van der Waals surface area contributed by atoms with Crippen molar-refractivity contribution in [1.82, 2.24) is 0 Å². The van der Waals surface area contributed by atoms with Gasteiger partial charge in [-0.2, -0.15) is 0 Å². The van der Waals surface area contributed by atoms with Crippen molar-refractivity contribution in [1.29, 1.82) is 0 Å². The van der Waals surface area contributed by atoms with Crippen LogP contribution in [0.2, 0.25) is 5.02 Å². The van der Waals surface area contributed by atoms with Crippen molar-refractivity contribution in [3.63, 3.8) is 0 Å². The van der Waals surface area contributed by atoms with E-state index < -0.39 is 13.6 Å². The molecule has 24 heavy (non-hydrogen) atoms. The van der Waals surface area contributed by atoms with Gasteiger partial charge in [-0.1, -0.05) is 48.0 Å². The summed E-state index contributed by atoms with van der Waals surface area (Å²) in [6.07, 6.45) is 0. The van der Waals surface area contributed by atoms with E-state index in [0.29, 0.717) is 6.61 Å². The Hall–Kier alpha value is -1.78. The lowest BCUT2D eigenvalue weighted by atomic mass is 10.2. The van der Waals surface area contributed by atoms with Crippen LogP contribution in [0.1, 0.15) is 15.9 Å². The van der Waals surface area contributed by atoms with E-state index >= 15 is 0 Å². The molecule has 0 aliphatic heterocycles. The quantitative estimate of drug-likeness (QED) is 0.483. The second-order valence-corrected chi connectivity index (χ2v) is 6.34.